The highest BCUT2D eigenvalue weighted by Crippen LogP contribution is 2.12. The summed E-state index contributed by atoms with van der Waals surface area (Å²) in [7, 11) is 0. The molecule has 1 aromatic rings. The van der Waals surface area contributed by atoms with Gasteiger partial charge in [-0.25, -0.2) is 0 Å². The molecule has 0 aromatic heterocycles. The van der Waals surface area contributed by atoms with Gasteiger partial charge in [0, 0.05) is 38.3 Å². The SMILES string of the molecule is CCNCCC(=O)NCCCN(CC)c1ccccc1. The van der Waals surface area contributed by atoms with Crippen molar-refractivity contribution >= 4 is 11.6 Å². The summed E-state index contributed by atoms with van der Waals surface area (Å²) in [5.74, 6) is 0.133. The van der Waals surface area contributed by atoms with Crippen LogP contribution in [0.25, 0.3) is 0 Å². The molecule has 20 heavy (non-hydrogen) atoms. The highest BCUT2D eigenvalue weighted by molar-refractivity contribution is 5.76. The lowest BCUT2D eigenvalue weighted by Gasteiger charge is -2.23. The number of anilines is 1. The highest BCUT2D eigenvalue weighted by atomic mass is 16.1. The number of nitrogens with zero attached hydrogens (tertiary/aromatic N) is 1. The van der Waals surface area contributed by atoms with Crippen molar-refractivity contribution in [2.45, 2.75) is 26.7 Å². The summed E-state index contributed by atoms with van der Waals surface area (Å²) in [6, 6.07) is 10.4. The van der Waals surface area contributed by atoms with Gasteiger partial charge in [0.25, 0.3) is 0 Å². The summed E-state index contributed by atoms with van der Waals surface area (Å²) in [6.45, 7) is 8.56. The van der Waals surface area contributed by atoms with Crippen LogP contribution < -0.4 is 15.5 Å². The minimum absolute atomic E-state index is 0.133. The first-order valence-electron chi connectivity index (χ1n) is 7.55. The van der Waals surface area contributed by atoms with E-state index < -0.39 is 0 Å². The molecule has 0 bridgehead atoms. The predicted octanol–water partition coefficient (Wildman–Crippen LogP) is 2.02. The molecular formula is C16H27N3O. The lowest BCUT2D eigenvalue weighted by atomic mass is 10.2. The number of para-hydroxylation sites is 1. The molecule has 0 heterocycles. The molecule has 0 fully saturated rings. The van der Waals surface area contributed by atoms with Gasteiger partial charge in [0.05, 0.1) is 0 Å². The zero-order valence-electron chi connectivity index (χ0n) is 12.7. The quantitative estimate of drug-likeness (QED) is 0.643. The molecule has 1 rings (SSSR count). The van der Waals surface area contributed by atoms with E-state index in [0.717, 1.165) is 39.1 Å². The van der Waals surface area contributed by atoms with Crippen LogP contribution in [0.3, 0.4) is 0 Å². The Balaban J connectivity index is 2.17. The van der Waals surface area contributed by atoms with Gasteiger partial charge in [-0.3, -0.25) is 4.79 Å². The summed E-state index contributed by atoms with van der Waals surface area (Å²) >= 11 is 0. The Morgan fingerprint density at radius 3 is 2.55 bits per heavy atom. The largest absolute Gasteiger partial charge is 0.372 e. The molecule has 0 saturated carbocycles. The first-order valence-corrected chi connectivity index (χ1v) is 7.55. The van der Waals surface area contributed by atoms with Gasteiger partial charge in [-0.05, 0) is 32.0 Å². The fraction of sp³-hybridized carbons (Fsp3) is 0.562. The summed E-state index contributed by atoms with van der Waals surface area (Å²) in [5.41, 5.74) is 1.24. The summed E-state index contributed by atoms with van der Waals surface area (Å²) < 4.78 is 0. The van der Waals surface area contributed by atoms with Crippen molar-refractivity contribution in [3.05, 3.63) is 30.3 Å². The summed E-state index contributed by atoms with van der Waals surface area (Å²) in [5, 5.41) is 6.12. The average molecular weight is 277 g/mol. The monoisotopic (exact) mass is 277 g/mol. The van der Waals surface area contributed by atoms with Crippen LogP contribution in [0, 0.1) is 0 Å². The van der Waals surface area contributed by atoms with Crippen molar-refractivity contribution in [2.75, 3.05) is 37.6 Å². The average Bonchev–Trinajstić information content (AvgIpc) is 2.48. The Kier molecular flexibility index (Phi) is 8.47. The summed E-state index contributed by atoms with van der Waals surface area (Å²) in [4.78, 5) is 13.9. The molecule has 0 aliphatic carbocycles. The van der Waals surface area contributed by atoms with Crippen molar-refractivity contribution in [1.82, 2.24) is 10.6 Å². The molecule has 0 unspecified atom stereocenters. The minimum Gasteiger partial charge on any atom is -0.372 e. The van der Waals surface area contributed by atoms with Gasteiger partial charge in [-0.15, -0.1) is 0 Å². The second-order valence-electron chi connectivity index (χ2n) is 4.72. The topological polar surface area (TPSA) is 44.4 Å². The van der Waals surface area contributed by atoms with E-state index in [1.54, 1.807) is 0 Å². The van der Waals surface area contributed by atoms with E-state index in [-0.39, 0.29) is 5.91 Å². The van der Waals surface area contributed by atoms with Crippen LogP contribution in [0.5, 0.6) is 0 Å². The standard InChI is InChI=1S/C16H27N3O/c1-3-17-13-11-16(20)18-12-8-14-19(4-2)15-9-6-5-7-10-15/h5-7,9-10,17H,3-4,8,11-14H2,1-2H3,(H,18,20). The van der Waals surface area contributed by atoms with Gasteiger partial charge >= 0.3 is 0 Å². The molecule has 0 radical (unpaired) electrons. The molecule has 0 saturated heterocycles. The second kappa shape index (κ2) is 10.3. The molecular weight excluding hydrogens is 250 g/mol. The van der Waals surface area contributed by atoms with E-state index >= 15 is 0 Å². The number of carbonyl (C=O) groups excluding carboxylic acids is 1. The lowest BCUT2D eigenvalue weighted by molar-refractivity contribution is -0.120. The minimum atomic E-state index is 0.133. The predicted molar refractivity (Wildman–Crippen MR) is 85.1 cm³/mol. The molecule has 4 nitrogen and oxygen atoms in total. The summed E-state index contributed by atoms with van der Waals surface area (Å²) in [6.07, 6.45) is 1.53. The van der Waals surface area contributed by atoms with E-state index in [2.05, 4.69) is 46.7 Å². The maximum absolute atomic E-state index is 11.5. The molecule has 0 spiro atoms. The van der Waals surface area contributed by atoms with Crippen molar-refractivity contribution < 1.29 is 4.79 Å². The number of rotatable bonds is 10. The van der Waals surface area contributed by atoms with Crippen LogP contribution in [-0.4, -0.2) is 38.6 Å². The number of benzene rings is 1. The van der Waals surface area contributed by atoms with Crippen molar-refractivity contribution in [2.24, 2.45) is 0 Å². The van der Waals surface area contributed by atoms with E-state index in [0.29, 0.717) is 6.42 Å². The van der Waals surface area contributed by atoms with Gasteiger partial charge in [-0.2, -0.15) is 0 Å². The van der Waals surface area contributed by atoms with Crippen LogP contribution in [0.4, 0.5) is 5.69 Å². The number of nitrogens with one attached hydrogen (secondary N) is 2. The first kappa shape index (κ1) is 16.5. The third-order valence-corrected chi connectivity index (χ3v) is 3.21. The molecule has 112 valence electrons. The maximum Gasteiger partial charge on any atom is 0.221 e. The fourth-order valence-electron chi connectivity index (χ4n) is 2.07. The van der Waals surface area contributed by atoms with Crippen LogP contribution in [0.1, 0.15) is 26.7 Å². The van der Waals surface area contributed by atoms with Crippen LogP contribution in [0.2, 0.25) is 0 Å². The number of carbonyl (C=O) groups is 1. The van der Waals surface area contributed by atoms with Gasteiger partial charge in [0.2, 0.25) is 5.91 Å². The van der Waals surface area contributed by atoms with Crippen molar-refractivity contribution in [3.63, 3.8) is 0 Å². The lowest BCUT2D eigenvalue weighted by Crippen LogP contribution is -2.31. The second-order valence-corrected chi connectivity index (χ2v) is 4.72. The Morgan fingerprint density at radius 1 is 1.15 bits per heavy atom. The van der Waals surface area contributed by atoms with Crippen molar-refractivity contribution in [3.8, 4) is 0 Å². The van der Waals surface area contributed by atoms with E-state index in [4.69, 9.17) is 0 Å². The number of amides is 1. The zero-order valence-corrected chi connectivity index (χ0v) is 12.7. The smallest absolute Gasteiger partial charge is 0.221 e. The van der Waals surface area contributed by atoms with E-state index in [1.165, 1.54) is 5.69 Å². The Labute approximate surface area is 122 Å². The normalized spacial score (nSPS) is 10.3. The molecule has 1 aromatic carbocycles. The Hall–Kier alpha value is -1.55. The molecule has 0 atom stereocenters. The molecule has 0 aliphatic rings. The first-order chi connectivity index (χ1) is 9.77. The molecule has 0 aliphatic heterocycles. The fourth-order valence-corrected chi connectivity index (χ4v) is 2.07. The molecule has 2 N–H and O–H groups in total. The molecule has 4 heteroatoms. The van der Waals surface area contributed by atoms with Gasteiger partial charge in [0.1, 0.15) is 0 Å². The zero-order chi connectivity index (χ0) is 14.6. The van der Waals surface area contributed by atoms with E-state index in [9.17, 15) is 4.79 Å². The van der Waals surface area contributed by atoms with Crippen LogP contribution in [0.15, 0.2) is 30.3 Å². The van der Waals surface area contributed by atoms with Gasteiger partial charge < -0.3 is 15.5 Å². The van der Waals surface area contributed by atoms with Gasteiger partial charge in [-0.1, -0.05) is 25.1 Å². The number of hydrogen-bond acceptors (Lipinski definition) is 3. The van der Waals surface area contributed by atoms with Gasteiger partial charge in [0.15, 0.2) is 0 Å². The third kappa shape index (κ3) is 6.57. The Morgan fingerprint density at radius 2 is 1.90 bits per heavy atom. The van der Waals surface area contributed by atoms with E-state index in [1.807, 2.05) is 13.0 Å². The van der Waals surface area contributed by atoms with Crippen LogP contribution >= 0.6 is 0 Å². The van der Waals surface area contributed by atoms with Crippen molar-refractivity contribution in [1.29, 1.82) is 0 Å². The third-order valence-electron chi connectivity index (χ3n) is 3.21. The molecule has 1 amide bonds. The Bertz CT molecular complexity index is 367. The highest BCUT2D eigenvalue weighted by Gasteiger charge is 2.04. The maximum atomic E-state index is 11.5. The number of hydrogen-bond donors (Lipinski definition) is 2. The van der Waals surface area contributed by atoms with Crippen LogP contribution in [-0.2, 0) is 4.79 Å².